The van der Waals surface area contributed by atoms with Gasteiger partial charge in [-0.1, -0.05) is 36.4 Å². The Morgan fingerprint density at radius 2 is 1.86 bits per heavy atom. The van der Waals surface area contributed by atoms with Crippen LogP contribution >= 0.6 is 0 Å². The van der Waals surface area contributed by atoms with Gasteiger partial charge in [0, 0.05) is 38.4 Å². The van der Waals surface area contributed by atoms with Crippen LogP contribution in [0, 0.1) is 5.92 Å². The monoisotopic (exact) mass is 379 g/mol. The minimum absolute atomic E-state index is 0.137. The van der Waals surface area contributed by atoms with Crippen LogP contribution in [-0.2, 0) is 9.53 Å². The van der Waals surface area contributed by atoms with Crippen LogP contribution in [-0.4, -0.2) is 48.6 Å². The number of amides is 1. The van der Waals surface area contributed by atoms with E-state index in [1.165, 1.54) is 18.4 Å². The molecule has 1 saturated heterocycles. The molecule has 1 saturated carbocycles. The molecule has 1 amide bonds. The Bertz CT molecular complexity index is 743. The van der Waals surface area contributed by atoms with Crippen LogP contribution in [0.5, 0.6) is 0 Å². The number of benzene rings is 1. The molecule has 0 spiro atoms. The topological polar surface area (TPSA) is 54.5 Å². The van der Waals surface area contributed by atoms with Crippen molar-refractivity contribution in [2.45, 2.75) is 31.2 Å². The molecular formula is C23H29N3O2. The normalized spacial score (nSPS) is 19.7. The van der Waals surface area contributed by atoms with Gasteiger partial charge in [0.15, 0.2) is 0 Å². The van der Waals surface area contributed by atoms with Crippen molar-refractivity contribution in [2.75, 3.05) is 32.8 Å². The molecule has 1 aliphatic heterocycles. The number of pyridine rings is 1. The lowest BCUT2D eigenvalue weighted by molar-refractivity contribution is -0.122. The average Bonchev–Trinajstić information content (AvgIpc) is 3.60. The highest BCUT2D eigenvalue weighted by Crippen LogP contribution is 2.44. The van der Waals surface area contributed by atoms with Crippen molar-refractivity contribution >= 4 is 5.91 Å². The lowest BCUT2D eigenvalue weighted by Crippen LogP contribution is -2.44. The number of hydrogen-bond acceptors (Lipinski definition) is 4. The average molecular weight is 380 g/mol. The van der Waals surface area contributed by atoms with Gasteiger partial charge >= 0.3 is 0 Å². The number of morpholine rings is 1. The molecule has 2 unspecified atom stereocenters. The van der Waals surface area contributed by atoms with Crippen LogP contribution < -0.4 is 5.32 Å². The quantitative estimate of drug-likeness (QED) is 0.766. The SMILES string of the molecule is O=C(CC(c1ccccc1)C1CC1)NCC(c1cccnc1)N1CCOCC1. The van der Waals surface area contributed by atoms with Crippen molar-refractivity contribution in [3.05, 3.63) is 66.0 Å². The Labute approximate surface area is 167 Å². The molecule has 2 aromatic rings. The van der Waals surface area contributed by atoms with Crippen LogP contribution in [0.1, 0.15) is 42.3 Å². The van der Waals surface area contributed by atoms with E-state index in [1.807, 2.05) is 18.3 Å². The summed E-state index contributed by atoms with van der Waals surface area (Å²) in [5.74, 6) is 1.13. The van der Waals surface area contributed by atoms with E-state index in [1.54, 1.807) is 6.20 Å². The highest BCUT2D eigenvalue weighted by Gasteiger charge is 2.33. The second kappa shape index (κ2) is 9.30. The zero-order chi connectivity index (χ0) is 19.2. The molecule has 2 fully saturated rings. The fourth-order valence-electron chi connectivity index (χ4n) is 4.16. The number of carbonyl (C=O) groups excluding carboxylic acids is 1. The van der Waals surface area contributed by atoms with E-state index in [-0.39, 0.29) is 11.9 Å². The number of ether oxygens (including phenoxy) is 1. The Morgan fingerprint density at radius 3 is 2.54 bits per heavy atom. The van der Waals surface area contributed by atoms with E-state index in [0.29, 0.717) is 24.8 Å². The molecule has 1 aromatic carbocycles. The van der Waals surface area contributed by atoms with E-state index >= 15 is 0 Å². The number of nitrogens with zero attached hydrogens (tertiary/aromatic N) is 2. The first-order chi connectivity index (χ1) is 13.8. The Kier molecular flexibility index (Phi) is 6.34. The van der Waals surface area contributed by atoms with Gasteiger partial charge in [-0.2, -0.15) is 0 Å². The summed E-state index contributed by atoms with van der Waals surface area (Å²) in [4.78, 5) is 19.5. The van der Waals surface area contributed by atoms with Crippen molar-refractivity contribution in [1.29, 1.82) is 0 Å². The summed E-state index contributed by atoms with van der Waals surface area (Å²) < 4.78 is 5.50. The maximum absolute atomic E-state index is 12.8. The highest BCUT2D eigenvalue weighted by atomic mass is 16.5. The first kappa shape index (κ1) is 19.1. The number of aromatic nitrogens is 1. The van der Waals surface area contributed by atoms with Crippen molar-refractivity contribution < 1.29 is 9.53 Å². The Morgan fingerprint density at radius 1 is 1.11 bits per heavy atom. The molecule has 1 N–H and O–H groups in total. The van der Waals surface area contributed by atoms with Gasteiger partial charge in [0.1, 0.15) is 0 Å². The molecule has 1 aromatic heterocycles. The van der Waals surface area contributed by atoms with E-state index in [4.69, 9.17) is 4.74 Å². The lowest BCUT2D eigenvalue weighted by atomic mass is 9.90. The van der Waals surface area contributed by atoms with Gasteiger partial charge in [0.25, 0.3) is 0 Å². The van der Waals surface area contributed by atoms with E-state index < -0.39 is 0 Å². The van der Waals surface area contributed by atoms with E-state index in [2.05, 4.69) is 45.5 Å². The van der Waals surface area contributed by atoms with Gasteiger partial charge in [-0.25, -0.2) is 0 Å². The number of rotatable bonds is 8. The van der Waals surface area contributed by atoms with Crippen LogP contribution in [0.4, 0.5) is 0 Å². The van der Waals surface area contributed by atoms with Gasteiger partial charge < -0.3 is 10.1 Å². The van der Waals surface area contributed by atoms with Gasteiger partial charge in [0.2, 0.25) is 5.91 Å². The first-order valence-corrected chi connectivity index (χ1v) is 10.3. The predicted octanol–water partition coefficient (Wildman–Crippen LogP) is 3.16. The molecule has 1 aliphatic carbocycles. The van der Waals surface area contributed by atoms with Crippen molar-refractivity contribution in [1.82, 2.24) is 15.2 Å². The molecule has 5 nitrogen and oxygen atoms in total. The molecule has 2 aliphatic rings. The standard InChI is InChI=1S/C23H29N3O2/c27-23(15-21(19-8-9-19)18-5-2-1-3-6-18)25-17-22(20-7-4-10-24-16-20)26-11-13-28-14-12-26/h1-7,10,16,19,21-22H,8-9,11-15,17H2,(H,25,27). The third kappa shape index (κ3) is 4.97. The third-order valence-electron chi connectivity index (χ3n) is 5.87. The Balaban J connectivity index is 1.39. The van der Waals surface area contributed by atoms with Gasteiger partial charge in [0.05, 0.1) is 19.3 Å². The molecule has 2 atom stereocenters. The highest BCUT2D eigenvalue weighted by molar-refractivity contribution is 5.77. The van der Waals surface area contributed by atoms with Crippen molar-refractivity contribution in [3.63, 3.8) is 0 Å². The van der Waals surface area contributed by atoms with Gasteiger partial charge in [-0.15, -0.1) is 0 Å². The fraction of sp³-hybridized carbons (Fsp3) is 0.478. The van der Waals surface area contributed by atoms with Crippen LogP contribution in [0.2, 0.25) is 0 Å². The van der Waals surface area contributed by atoms with E-state index in [0.717, 1.165) is 31.9 Å². The minimum atomic E-state index is 0.137. The number of hydrogen-bond donors (Lipinski definition) is 1. The maximum Gasteiger partial charge on any atom is 0.220 e. The van der Waals surface area contributed by atoms with Crippen LogP contribution in [0.3, 0.4) is 0 Å². The summed E-state index contributed by atoms with van der Waals surface area (Å²) >= 11 is 0. The molecule has 28 heavy (non-hydrogen) atoms. The Hall–Kier alpha value is -2.24. The van der Waals surface area contributed by atoms with Gasteiger partial charge in [-0.3, -0.25) is 14.7 Å². The molecule has 2 heterocycles. The summed E-state index contributed by atoms with van der Waals surface area (Å²) in [5, 5.41) is 3.21. The third-order valence-corrected chi connectivity index (χ3v) is 5.87. The van der Waals surface area contributed by atoms with Crippen molar-refractivity contribution in [3.8, 4) is 0 Å². The molecule has 0 radical (unpaired) electrons. The van der Waals surface area contributed by atoms with Gasteiger partial charge in [-0.05, 0) is 41.9 Å². The molecule has 4 rings (SSSR count). The lowest BCUT2D eigenvalue weighted by Gasteiger charge is -2.34. The van der Waals surface area contributed by atoms with Crippen molar-refractivity contribution in [2.24, 2.45) is 5.92 Å². The zero-order valence-electron chi connectivity index (χ0n) is 16.3. The molecule has 148 valence electrons. The summed E-state index contributed by atoms with van der Waals surface area (Å²) in [6, 6.07) is 14.7. The predicted molar refractivity (Wildman–Crippen MR) is 109 cm³/mol. The summed E-state index contributed by atoms with van der Waals surface area (Å²) in [7, 11) is 0. The van der Waals surface area contributed by atoms with Crippen LogP contribution in [0.25, 0.3) is 0 Å². The summed E-state index contributed by atoms with van der Waals surface area (Å²) in [6.45, 7) is 3.84. The first-order valence-electron chi connectivity index (χ1n) is 10.3. The van der Waals surface area contributed by atoms with Crippen LogP contribution in [0.15, 0.2) is 54.9 Å². The number of nitrogens with one attached hydrogen (secondary N) is 1. The fourth-order valence-corrected chi connectivity index (χ4v) is 4.16. The van der Waals surface area contributed by atoms with E-state index in [9.17, 15) is 4.79 Å². The zero-order valence-corrected chi connectivity index (χ0v) is 16.3. The minimum Gasteiger partial charge on any atom is -0.379 e. The molecule has 5 heteroatoms. The smallest absolute Gasteiger partial charge is 0.220 e. The maximum atomic E-state index is 12.8. The summed E-state index contributed by atoms with van der Waals surface area (Å²) in [5.41, 5.74) is 2.43. The largest absolute Gasteiger partial charge is 0.379 e. The molecular weight excluding hydrogens is 350 g/mol. The second-order valence-corrected chi connectivity index (χ2v) is 7.81. The molecule has 0 bridgehead atoms. The second-order valence-electron chi connectivity index (χ2n) is 7.81. The summed E-state index contributed by atoms with van der Waals surface area (Å²) in [6.07, 6.45) is 6.73. The number of carbonyl (C=O) groups is 1.